The molecule has 3 rings (SSSR count). The summed E-state index contributed by atoms with van der Waals surface area (Å²) < 4.78 is 5.61. The van der Waals surface area contributed by atoms with Crippen LogP contribution in [-0.2, 0) is 13.2 Å². The third-order valence-electron chi connectivity index (χ3n) is 3.25. The van der Waals surface area contributed by atoms with Crippen LogP contribution in [-0.4, -0.2) is 15.9 Å². The summed E-state index contributed by atoms with van der Waals surface area (Å²) in [6.45, 7) is 1.00. The lowest BCUT2D eigenvalue weighted by molar-refractivity contribution is -0.386. The Labute approximate surface area is 125 Å². The van der Waals surface area contributed by atoms with Crippen LogP contribution in [0.25, 0.3) is 0 Å². The van der Waals surface area contributed by atoms with Crippen molar-refractivity contribution in [1.82, 2.24) is 10.3 Å². The van der Waals surface area contributed by atoms with Crippen LogP contribution < -0.4 is 10.1 Å². The Balaban J connectivity index is 1.72. The molecule has 110 valence electrons. The van der Waals surface area contributed by atoms with Gasteiger partial charge < -0.3 is 10.1 Å². The number of aromatic nitrogens is 1. The molecule has 1 saturated carbocycles. The normalized spacial score (nSPS) is 14.1. The molecule has 2 aromatic rings. The third kappa shape index (κ3) is 3.77. The zero-order valence-corrected chi connectivity index (χ0v) is 12.1. The molecule has 0 amide bonds. The third-order valence-corrected chi connectivity index (χ3v) is 4.00. The molecule has 0 radical (unpaired) electrons. The van der Waals surface area contributed by atoms with E-state index in [1.807, 2.05) is 0 Å². The fraction of sp³-hybridized carbons (Fsp3) is 0.357. The van der Waals surface area contributed by atoms with Gasteiger partial charge in [-0.05, 0) is 24.5 Å². The van der Waals surface area contributed by atoms with Crippen molar-refractivity contribution < 1.29 is 9.66 Å². The number of benzene rings is 1. The number of rotatable bonds is 7. The number of ether oxygens (including phenoxy) is 1. The molecule has 1 heterocycles. The second-order valence-corrected chi connectivity index (χ2v) is 5.94. The second-order valence-electron chi connectivity index (χ2n) is 4.97. The molecule has 1 aliphatic rings. The SMILES string of the molecule is O=[N+]([O-])c1ccc(CNC2CC2)cc1OCc1cncs1. The van der Waals surface area contributed by atoms with E-state index in [0.717, 1.165) is 10.4 Å². The number of thiazole rings is 1. The molecule has 0 bridgehead atoms. The molecule has 0 saturated heterocycles. The Morgan fingerprint density at radius 1 is 1.48 bits per heavy atom. The number of hydrogen-bond donors (Lipinski definition) is 1. The van der Waals surface area contributed by atoms with E-state index in [9.17, 15) is 10.1 Å². The number of hydrogen-bond acceptors (Lipinski definition) is 6. The van der Waals surface area contributed by atoms with Gasteiger partial charge in [-0.3, -0.25) is 15.1 Å². The van der Waals surface area contributed by atoms with Gasteiger partial charge in [-0.25, -0.2) is 0 Å². The van der Waals surface area contributed by atoms with E-state index < -0.39 is 4.92 Å². The largest absolute Gasteiger partial charge is 0.481 e. The van der Waals surface area contributed by atoms with Crippen LogP contribution in [0.3, 0.4) is 0 Å². The highest BCUT2D eigenvalue weighted by Gasteiger charge is 2.21. The molecular weight excluding hydrogens is 290 g/mol. The van der Waals surface area contributed by atoms with Crippen LogP contribution >= 0.6 is 11.3 Å². The predicted molar refractivity (Wildman–Crippen MR) is 79.4 cm³/mol. The zero-order valence-electron chi connectivity index (χ0n) is 11.3. The van der Waals surface area contributed by atoms with Crippen LogP contribution in [0.2, 0.25) is 0 Å². The van der Waals surface area contributed by atoms with Crippen LogP contribution in [0.4, 0.5) is 5.69 Å². The second kappa shape index (κ2) is 6.19. The van der Waals surface area contributed by atoms with Crippen LogP contribution in [0, 0.1) is 10.1 Å². The van der Waals surface area contributed by atoms with E-state index >= 15 is 0 Å². The summed E-state index contributed by atoms with van der Waals surface area (Å²) >= 11 is 1.46. The van der Waals surface area contributed by atoms with Crippen molar-refractivity contribution >= 4 is 17.0 Å². The molecule has 21 heavy (non-hydrogen) atoms. The highest BCUT2D eigenvalue weighted by Crippen LogP contribution is 2.29. The summed E-state index contributed by atoms with van der Waals surface area (Å²) in [5.74, 6) is 0.309. The van der Waals surface area contributed by atoms with E-state index in [4.69, 9.17) is 4.74 Å². The van der Waals surface area contributed by atoms with Gasteiger partial charge in [0.05, 0.1) is 15.3 Å². The average Bonchev–Trinajstić information content (AvgIpc) is 3.16. The van der Waals surface area contributed by atoms with Gasteiger partial charge in [-0.15, -0.1) is 11.3 Å². The van der Waals surface area contributed by atoms with E-state index in [0.29, 0.717) is 24.9 Å². The van der Waals surface area contributed by atoms with Crippen molar-refractivity contribution in [2.24, 2.45) is 0 Å². The number of nitro benzene ring substituents is 1. The quantitative estimate of drug-likeness (QED) is 0.628. The van der Waals surface area contributed by atoms with Crippen molar-refractivity contribution in [3.63, 3.8) is 0 Å². The summed E-state index contributed by atoms with van der Waals surface area (Å²) in [6, 6.07) is 5.62. The summed E-state index contributed by atoms with van der Waals surface area (Å²) in [4.78, 5) is 15.6. The molecule has 1 aliphatic carbocycles. The standard InChI is InChI=1S/C14H15N3O3S/c18-17(19)13-4-1-10(6-16-11-2-3-11)5-14(13)20-8-12-7-15-9-21-12/h1,4-5,7,9,11,16H,2-3,6,8H2. The summed E-state index contributed by atoms with van der Waals surface area (Å²) in [6.07, 6.45) is 4.12. The first-order valence-corrected chi connectivity index (χ1v) is 7.61. The Morgan fingerprint density at radius 2 is 2.33 bits per heavy atom. The van der Waals surface area contributed by atoms with Crippen molar-refractivity contribution in [2.75, 3.05) is 0 Å². The van der Waals surface area contributed by atoms with Crippen molar-refractivity contribution in [2.45, 2.75) is 32.0 Å². The van der Waals surface area contributed by atoms with E-state index in [-0.39, 0.29) is 5.69 Å². The van der Waals surface area contributed by atoms with E-state index in [1.54, 1.807) is 23.8 Å². The molecule has 0 unspecified atom stereocenters. The maximum Gasteiger partial charge on any atom is 0.310 e. The topological polar surface area (TPSA) is 77.3 Å². The molecule has 1 aromatic carbocycles. The molecular formula is C14H15N3O3S. The lowest BCUT2D eigenvalue weighted by Crippen LogP contribution is -2.15. The highest BCUT2D eigenvalue weighted by molar-refractivity contribution is 7.09. The van der Waals surface area contributed by atoms with Crippen LogP contribution in [0.5, 0.6) is 5.75 Å². The number of nitro groups is 1. The maximum absolute atomic E-state index is 11.1. The first-order valence-electron chi connectivity index (χ1n) is 6.73. The van der Waals surface area contributed by atoms with Gasteiger partial charge in [-0.1, -0.05) is 6.07 Å². The smallest absolute Gasteiger partial charge is 0.310 e. The van der Waals surface area contributed by atoms with E-state index in [2.05, 4.69) is 10.3 Å². The lowest BCUT2D eigenvalue weighted by atomic mass is 10.2. The summed E-state index contributed by atoms with van der Waals surface area (Å²) in [5, 5.41) is 14.5. The molecule has 0 aliphatic heterocycles. The number of nitrogens with zero attached hydrogens (tertiary/aromatic N) is 2. The molecule has 0 atom stereocenters. The van der Waals surface area contributed by atoms with Gasteiger partial charge in [0.2, 0.25) is 0 Å². The van der Waals surface area contributed by atoms with Gasteiger partial charge in [0.15, 0.2) is 5.75 Å². The molecule has 1 aromatic heterocycles. The first kappa shape index (κ1) is 14.0. The fourth-order valence-electron chi connectivity index (χ4n) is 1.95. The lowest BCUT2D eigenvalue weighted by Gasteiger charge is -2.08. The Kier molecular flexibility index (Phi) is 4.12. The van der Waals surface area contributed by atoms with Gasteiger partial charge >= 0.3 is 5.69 Å². The van der Waals surface area contributed by atoms with Crippen LogP contribution in [0.1, 0.15) is 23.3 Å². The Hall–Kier alpha value is -1.99. The number of nitrogens with one attached hydrogen (secondary N) is 1. The van der Waals surface area contributed by atoms with Gasteiger partial charge in [0.25, 0.3) is 0 Å². The molecule has 7 heteroatoms. The minimum atomic E-state index is -0.417. The van der Waals surface area contributed by atoms with Gasteiger partial charge in [-0.2, -0.15) is 0 Å². The summed E-state index contributed by atoms with van der Waals surface area (Å²) in [7, 11) is 0. The molecule has 1 fully saturated rings. The minimum Gasteiger partial charge on any atom is -0.481 e. The van der Waals surface area contributed by atoms with Gasteiger partial charge in [0.1, 0.15) is 6.61 Å². The minimum absolute atomic E-state index is 0.00492. The monoisotopic (exact) mass is 305 g/mol. The van der Waals surface area contributed by atoms with Gasteiger partial charge in [0, 0.05) is 24.8 Å². The average molecular weight is 305 g/mol. The van der Waals surface area contributed by atoms with E-state index in [1.165, 1.54) is 30.2 Å². The molecule has 1 N–H and O–H groups in total. The highest BCUT2D eigenvalue weighted by atomic mass is 32.1. The van der Waals surface area contributed by atoms with Crippen molar-refractivity contribution in [3.8, 4) is 5.75 Å². The summed E-state index contributed by atoms with van der Waals surface area (Å²) in [5.41, 5.74) is 2.70. The maximum atomic E-state index is 11.1. The molecule has 0 spiro atoms. The van der Waals surface area contributed by atoms with Crippen molar-refractivity contribution in [3.05, 3.63) is 50.5 Å². The van der Waals surface area contributed by atoms with Crippen molar-refractivity contribution in [1.29, 1.82) is 0 Å². The predicted octanol–water partition coefficient (Wildman–Crippen LogP) is 2.88. The zero-order chi connectivity index (χ0) is 14.7. The molecule has 6 nitrogen and oxygen atoms in total. The first-order chi connectivity index (χ1) is 10.2. The Bertz CT molecular complexity index is 626. The Morgan fingerprint density at radius 3 is 3.00 bits per heavy atom. The fourth-order valence-corrected chi connectivity index (χ4v) is 2.45. The van der Waals surface area contributed by atoms with Crippen LogP contribution in [0.15, 0.2) is 29.9 Å².